The van der Waals surface area contributed by atoms with Crippen molar-refractivity contribution in [3.63, 3.8) is 0 Å². The first-order chi connectivity index (χ1) is 9.52. The van der Waals surface area contributed by atoms with Crippen LogP contribution in [-0.4, -0.2) is 21.3 Å². The Labute approximate surface area is 122 Å². The molecule has 0 aliphatic carbocycles. The van der Waals surface area contributed by atoms with Crippen LogP contribution in [0.1, 0.15) is 31.0 Å². The smallest absolute Gasteiger partial charge is 0.190 e. The monoisotopic (exact) mass is 294 g/mol. The zero-order valence-electron chi connectivity index (χ0n) is 12.1. The third-order valence-corrected chi connectivity index (χ3v) is 4.26. The lowest BCUT2D eigenvalue weighted by Crippen LogP contribution is -2.18. The first-order valence-corrected chi connectivity index (χ1v) is 7.39. The Kier molecular flexibility index (Phi) is 4.77. The maximum absolute atomic E-state index is 13.8. The van der Waals surface area contributed by atoms with Crippen molar-refractivity contribution in [3.8, 4) is 0 Å². The van der Waals surface area contributed by atoms with Gasteiger partial charge in [0.15, 0.2) is 5.16 Å². The highest BCUT2D eigenvalue weighted by Gasteiger charge is 2.15. The minimum absolute atomic E-state index is 0.0887. The molecule has 1 unspecified atom stereocenters. The Bertz CT molecular complexity index is 597. The van der Waals surface area contributed by atoms with Gasteiger partial charge in [-0.2, -0.15) is 5.10 Å². The SMILES string of the molecule is CCNC(C)c1cc(F)c(C)cc1Sc1ncnn1C. The van der Waals surface area contributed by atoms with E-state index in [1.54, 1.807) is 17.7 Å². The van der Waals surface area contributed by atoms with Gasteiger partial charge in [0, 0.05) is 18.0 Å². The third-order valence-electron chi connectivity index (χ3n) is 3.14. The maximum Gasteiger partial charge on any atom is 0.190 e. The Morgan fingerprint density at radius 1 is 1.45 bits per heavy atom. The van der Waals surface area contributed by atoms with Crippen LogP contribution in [0.4, 0.5) is 4.39 Å². The Morgan fingerprint density at radius 3 is 2.80 bits per heavy atom. The fraction of sp³-hybridized carbons (Fsp3) is 0.429. The minimum atomic E-state index is -0.174. The first kappa shape index (κ1) is 15.0. The number of benzene rings is 1. The molecule has 6 heteroatoms. The molecular weight excluding hydrogens is 275 g/mol. The van der Waals surface area contributed by atoms with Gasteiger partial charge < -0.3 is 5.32 Å². The van der Waals surface area contributed by atoms with E-state index in [0.717, 1.165) is 22.2 Å². The summed E-state index contributed by atoms with van der Waals surface area (Å²) in [5.41, 5.74) is 1.59. The second kappa shape index (κ2) is 6.37. The van der Waals surface area contributed by atoms with Gasteiger partial charge >= 0.3 is 0 Å². The number of halogens is 1. The highest BCUT2D eigenvalue weighted by molar-refractivity contribution is 7.99. The van der Waals surface area contributed by atoms with Crippen LogP contribution in [0.3, 0.4) is 0 Å². The van der Waals surface area contributed by atoms with Crippen molar-refractivity contribution >= 4 is 11.8 Å². The van der Waals surface area contributed by atoms with Gasteiger partial charge in [0.05, 0.1) is 0 Å². The molecule has 2 aromatic rings. The number of hydrogen-bond donors (Lipinski definition) is 1. The van der Waals surface area contributed by atoms with Gasteiger partial charge in [-0.3, -0.25) is 0 Å². The van der Waals surface area contributed by atoms with Gasteiger partial charge in [-0.05, 0) is 55.4 Å². The van der Waals surface area contributed by atoms with Crippen LogP contribution in [0.5, 0.6) is 0 Å². The molecular formula is C14H19FN4S. The molecule has 0 bridgehead atoms. The second-order valence-electron chi connectivity index (χ2n) is 4.69. The molecule has 1 N–H and O–H groups in total. The van der Waals surface area contributed by atoms with Gasteiger partial charge in [0.2, 0.25) is 0 Å². The number of aromatic nitrogens is 3. The Morgan fingerprint density at radius 2 is 2.20 bits per heavy atom. The summed E-state index contributed by atoms with van der Waals surface area (Å²) < 4.78 is 15.6. The minimum Gasteiger partial charge on any atom is -0.310 e. The van der Waals surface area contributed by atoms with Crippen LogP contribution < -0.4 is 5.32 Å². The summed E-state index contributed by atoms with van der Waals surface area (Å²) in [5, 5.41) is 8.17. The fourth-order valence-electron chi connectivity index (χ4n) is 1.99. The van der Waals surface area contributed by atoms with Crippen molar-refractivity contribution in [1.29, 1.82) is 0 Å². The Hall–Kier alpha value is -1.40. The standard InChI is InChI=1S/C14H19FN4S/c1-5-16-10(3)11-7-12(15)9(2)6-13(11)20-14-17-8-18-19(14)4/h6-8,10,16H,5H2,1-4H3. The predicted octanol–water partition coefficient (Wildman–Crippen LogP) is 3.08. The van der Waals surface area contributed by atoms with Crippen molar-refractivity contribution < 1.29 is 4.39 Å². The van der Waals surface area contributed by atoms with Crippen molar-refractivity contribution in [2.45, 2.75) is 36.9 Å². The maximum atomic E-state index is 13.8. The summed E-state index contributed by atoms with van der Waals surface area (Å²) in [6, 6.07) is 3.57. The van der Waals surface area contributed by atoms with Crippen molar-refractivity contribution in [2.75, 3.05) is 6.54 Å². The lowest BCUT2D eigenvalue weighted by molar-refractivity contribution is 0.570. The summed E-state index contributed by atoms with van der Waals surface area (Å²) >= 11 is 1.51. The van der Waals surface area contributed by atoms with Crippen LogP contribution >= 0.6 is 11.8 Å². The molecule has 1 aromatic carbocycles. The van der Waals surface area contributed by atoms with Gasteiger partial charge in [0.1, 0.15) is 12.1 Å². The van der Waals surface area contributed by atoms with Crippen molar-refractivity contribution in [3.05, 3.63) is 35.4 Å². The van der Waals surface area contributed by atoms with E-state index < -0.39 is 0 Å². The fourth-order valence-corrected chi connectivity index (χ4v) is 3.05. The lowest BCUT2D eigenvalue weighted by Gasteiger charge is -2.17. The average Bonchev–Trinajstić information content (AvgIpc) is 2.79. The highest BCUT2D eigenvalue weighted by atomic mass is 32.2. The summed E-state index contributed by atoms with van der Waals surface area (Å²) in [6.45, 7) is 6.69. The van der Waals surface area contributed by atoms with E-state index in [9.17, 15) is 4.39 Å². The van der Waals surface area contributed by atoms with E-state index in [1.165, 1.54) is 18.1 Å². The van der Waals surface area contributed by atoms with Gasteiger partial charge in [0.25, 0.3) is 0 Å². The number of hydrogen-bond acceptors (Lipinski definition) is 4. The topological polar surface area (TPSA) is 42.7 Å². The van der Waals surface area contributed by atoms with E-state index in [-0.39, 0.29) is 11.9 Å². The molecule has 0 radical (unpaired) electrons. The molecule has 20 heavy (non-hydrogen) atoms. The van der Waals surface area contributed by atoms with E-state index in [4.69, 9.17) is 0 Å². The predicted molar refractivity (Wildman–Crippen MR) is 78.4 cm³/mol. The van der Waals surface area contributed by atoms with Crippen LogP contribution in [-0.2, 0) is 7.05 Å². The second-order valence-corrected chi connectivity index (χ2v) is 5.70. The van der Waals surface area contributed by atoms with Crippen LogP contribution in [0.2, 0.25) is 0 Å². The largest absolute Gasteiger partial charge is 0.310 e. The van der Waals surface area contributed by atoms with E-state index in [2.05, 4.69) is 15.4 Å². The quantitative estimate of drug-likeness (QED) is 0.920. The Balaban J connectivity index is 2.39. The van der Waals surface area contributed by atoms with Crippen LogP contribution in [0.15, 0.2) is 28.5 Å². The molecule has 0 saturated carbocycles. The number of nitrogens with one attached hydrogen (secondary N) is 1. The van der Waals surface area contributed by atoms with E-state index in [1.807, 2.05) is 27.0 Å². The molecule has 0 amide bonds. The molecule has 108 valence electrons. The summed E-state index contributed by atoms with van der Waals surface area (Å²) in [6.07, 6.45) is 1.52. The molecule has 1 atom stereocenters. The summed E-state index contributed by atoms with van der Waals surface area (Å²) in [5.74, 6) is -0.174. The van der Waals surface area contributed by atoms with Gasteiger partial charge in [-0.15, -0.1) is 0 Å². The zero-order chi connectivity index (χ0) is 14.7. The number of aryl methyl sites for hydroxylation is 2. The van der Waals surface area contributed by atoms with E-state index in [0.29, 0.717) is 5.56 Å². The molecule has 0 aliphatic heterocycles. The van der Waals surface area contributed by atoms with Crippen molar-refractivity contribution in [2.24, 2.45) is 7.05 Å². The summed E-state index contributed by atoms with van der Waals surface area (Å²) in [4.78, 5) is 5.22. The lowest BCUT2D eigenvalue weighted by atomic mass is 10.1. The molecule has 4 nitrogen and oxygen atoms in total. The van der Waals surface area contributed by atoms with Crippen LogP contribution in [0.25, 0.3) is 0 Å². The molecule has 0 saturated heterocycles. The molecule has 1 heterocycles. The van der Waals surface area contributed by atoms with Crippen LogP contribution in [0, 0.1) is 12.7 Å². The summed E-state index contributed by atoms with van der Waals surface area (Å²) in [7, 11) is 1.85. The van der Waals surface area contributed by atoms with E-state index >= 15 is 0 Å². The van der Waals surface area contributed by atoms with Gasteiger partial charge in [-0.25, -0.2) is 14.1 Å². The average molecular weight is 294 g/mol. The first-order valence-electron chi connectivity index (χ1n) is 6.58. The number of rotatable bonds is 5. The molecule has 0 spiro atoms. The normalized spacial score (nSPS) is 12.7. The van der Waals surface area contributed by atoms with Crippen molar-refractivity contribution in [1.82, 2.24) is 20.1 Å². The third kappa shape index (κ3) is 3.19. The molecule has 2 rings (SSSR count). The molecule has 1 aromatic heterocycles. The van der Waals surface area contributed by atoms with Gasteiger partial charge in [-0.1, -0.05) is 6.92 Å². The number of nitrogens with zero attached hydrogens (tertiary/aromatic N) is 3. The zero-order valence-corrected chi connectivity index (χ0v) is 13.0. The highest BCUT2D eigenvalue weighted by Crippen LogP contribution is 2.33. The molecule has 0 fully saturated rings. The molecule has 0 aliphatic rings.